The first kappa shape index (κ1) is 21.0. The predicted octanol–water partition coefficient (Wildman–Crippen LogP) is 8.05. The van der Waals surface area contributed by atoms with Crippen molar-refractivity contribution in [3.63, 3.8) is 0 Å². The summed E-state index contributed by atoms with van der Waals surface area (Å²) in [4.78, 5) is 0. The topological polar surface area (TPSA) is 9.23 Å². The summed E-state index contributed by atoms with van der Waals surface area (Å²) >= 11 is 5.73. The average molecular weight is 395 g/mol. The first-order valence-corrected chi connectivity index (χ1v) is 11.6. The molecule has 3 rings (SSSR count). The van der Waals surface area contributed by atoms with Crippen molar-refractivity contribution >= 4 is 11.6 Å². The van der Waals surface area contributed by atoms with Crippen LogP contribution in [0.3, 0.4) is 0 Å². The van der Waals surface area contributed by atoms with Crippen molar-refractivity contribution in [1.29, 1.82) is 0 Å². The molecular formula is C24H36ClFO. The summed E-state index contributed by atoms with van der Waals surface area (Å²) in [5, 5.41) is 0.156. The van der Waals surface area contributed by atoms with E-state index in [1.54, 1.807) is 12.1 Å². The molecule has 27 heavy (non-hydrogen) atoms. The lowest BCUT2D eigenvalue weighted by Gasteiger charge is -2.38. The van der Waals surface area contributed by atoms with E-state index in [4.69, 9.17) is 16.3 Å². The molecule has 0 amide bonds. The SMILES string of the molecule is CCCCCC1CCC(C2CCC(COc3ccc(Cl)c(F)c3)CC2)CC1. The van der Waals surface area contributed by atoms with Crippen LogP contribution >= 0.6 is 11.6 Å². The van der Waals surface area contributed by atoms with E-state index in [-0.39, 0.29) is 5.02 Å². The van der Waals surface area contributed by atoms with Gasteiger partial charge in [-0.1, -0.05) is 57.0 Å². The van der Waals surface area contributed by atoms with Crippen LogP contribution in [0, 0.1) is 29.5 Å². The number of ether oxygens (including phenoxy) is 1. The molecule has 0 unspecified atom stereocenters. The molecule has 152 valence electrons. The zero-order valence-electron chi connectivity index (χ0n) is 16.9. The number of unbranched alkanes of at least 4 members (excludes halogenated alkanes) is 2. The zero-order valence-corrected chi connectivity index (χ0v) is 17.7. The quantitative estimate of drug-likeness (QED) is 0.405. The van der Waals surface area contributed by atoms with Gasteiger partial charge in [0.2, 0.25) is 0 Å². The van der Waals surface area contributed by atoms with Gasteiger partial charge in [0.05, 0.1) is 11.6 Å². The molecule has 2 aliphatic carbocycles. The number of hydrogen-bond donors (Lipinski definition) is 0. The second-order valence-electron chi connectivity index (χ2n) is 8.94. The summed E-state index contributed by atoms with van der Waals surface area (Å²) in [5.74, 6) is 3.73. The van der Waals surface area contributed by atoms with Crippen LogP contribution in [0.5, 0.6) is 5.75 Å². The highest BCUT2D eigenvalue weighted by Gasteiger charge is 2.30. The minimum Gasteiger partial charge on any atom is -0.493 e. The van der Waals surface area contributed by atoms with Gasteiger partial charge in [-0.15, -0.1) is 0 Å². The van der Waals surface area contributed by atoms with Gasteiger partial charge in [0.1, 0.15) is 11.6 Å². The molecule has 0 aromatic heterocycles. The largest absolute Gasteiger partial charge is 0.493 e. The molecule has 1 nitrogen and oxygen atoms in total. The van der Waals surface area contributed by atoms with Crippen molar-refractivity contribution < 1.29 is 9.13 Å². The highest BCUT2D eigenvalue weighted by molar-refractivity contribution is 6.30. The Labute approximate surface area is 170 Å². The van der Waals surface area contributed by atoms with E-state index in [1.165, 1.54) is 83.1 Å². The van der Waals surface area contributed by atoms with Crippen LogP contribution < -0.4 is 4.74 Å². The highest BCUT2D eigenvalue weighted by atomic mass is 35.5. The standard InChI is InChI=1S/C24H36ClFO/c1-2-3-4-5-18-6-10-20(11-7-18)21-12-8-19(9-13-21)17-27-22-14-15-23(25)24(26)16-22/h14-16,18-21H,2-13,17H2,1H3. The van der Waals surface area contributed by atoms with Gasteiger partial charge < -0.3 is 4.74 Å². The maximum atomic E-state index is 13.5. The van der Waals surface area contributed by atoms with Crippen LogP contribution in [0.25, 0.3) is 0 Å². The maximum Gasteiger partial charge on any atom is 0.145 e. The Kier molecular flexibility index (Phi) is 8.30. The molecule has 3 heteroatoms. The molecule has 2 saturated carbocycles. The molecule has 1 aromatic rings. The van der Waals surface area contributed by atoms with Crippen LogP contribution in [0.1, 0.15) is 84.0 Å². The van der Waals surface area contributed by atoms with Crippen LogP contribution in [0.4, 0.5) is 4.39 Å². The molecule has 1 aromatic carbocycles. The monoisotopic (exact) mass is 394 g/mol. The predicted molar refractivity (Wildman–Crippen MR) is 112 cm³/mol. The molecule has 2 fully saturated rings. The van der Waals surface area contributed by atoms with Crippen LogP contribution in [0.15, 0.2) is 18.2 Å². The average Bonchev–Trinajstić information content (AvgIpc) is 2.70. The fourth-order valence-corrected chi connectivity index (χ4v) is 5.36. The van der Waals surface area contributed by atoms with E-state index < -0.39 is 5.82 Å². The van der Waals surface area contributed by atoms with Crippen LogP contribution in [-0.4, -0.2) is 6.61 Å². The fraction of sp³-hybridized carbons (Fsp3) is 0.750. The summed E-state index contributed by atoms with van der Waals surface area (Å²) in [6.45, 7) is 3.00. The second-order valence-corrected chi connectivity index (χ2v) is 9.35. The van der Waals surface area contributed by atoms with Gasteiger partial charge >= 0.3 is 0 Å². The van der Waals surface area contributed by atoms with E-state index in [0.717, 1.165) is 17.8 Å². The molecule has 0 radical (unpaired) electrons. The van der Waals surface area contributed by atoms with Crippen molar-refractivity contribution in [3.05, 3.63) is 29.0 Å². The molecule has 0 saturated heterocycles. The second kappa shape index (κ2) is 10.7. The summed E-state index contributed by atoms with van der Waals surface area (Å²) in [6.07, 6.45) is 16.8. The first-order valence-electron chi connectivity index (χ1n) is 11.2. The number of benzene rings is 1. The van der Waals surface area contributed by atoms with Gasteiger partial charge in [-0.25, -0.2) is 4.39 Å². The van der Waals surface area contributed by atoms with Gasteiger partial charge in [-0.05, 0) is 74.3 Å². The fourth-order valence-electron chi connectivity index (χ4n) is 5.24. The van der Waals surface area contributed by atoms with Gasteiger partial charge in [0.25, 0.3) is 0 Å². The summed E-state index contributed by atoms with van der Waals surface area (Å²) in [6, 6.07) is 4.73. The Morgan fingerprint density at radius 1 is 0.926 bits per heavy atom. The highest BCUT2D eigenvalue weighted by Crippen LogP contribution is 2.42. The summed E-state index contributed by atoms with van der Waals surface area (Å²) in [5.41, 5.74) is 0. The Hall–Kier alpha value is -0.760. The van der Waals surface area contributed by atoms with Crippen molar-refractivity contribution in [2.24, 2.45) is 23.7 Å². The maximum absolute atomic E-state index is 13.5. The lowest BCUT2D eigenvalue weighted by Crippen LogP contribution is -2.27. The minimum absolute atomic E-state index is 0.156. The molecule has 0 bridgehead atoms. The third-order valence-corrected chi connectivity index (χ3v) is 7.35. The third kappa shape index (κ3) is 6.38. The Morgan fingerprint density at radius 2 is 1.56 bits per heavy atom. The normalized spacial score (nSPS) is 28.9. The van der Waals surface area contributed by atoms with E-state index >= 15 is 0 Å². The molecule has 2 aliphatic rings. The Morgan fingerprint density at radius 3 is 2.15 bits per heavy atom. The van der Waals surface area contributed by atoms with Crippen molar-refractivity contribution in [3.8, 4) is 5.75 Å². The van der Waals surface area contributed by atoms with Crippen molar-refractivity contribution in [1.82, 2.24) is 0 Å². The minimum atomic E-state index is -0.400. The number of rotatable bonds is 8. The van der Waals surface area contributed by atoms with Gasteiger partial charge in [0.15, 0.2) is 0 Å². The van der Waals surface area contributed by atoms with Crippen LogP contribution in [-0.2, 0) is 0 Å². The van der Waals surface area contributed by atoms with Gasteiger partial charge in [-0.2, -0.15) is 0 Å². The molecular weight excluding hydrogens is 359 g/mol. The summed E-state index contributed by atoms with van der Waals surface area (Å²) < 4.78 is 19.3. The molecule has 0 N–H and O–H groups in total. The van der Waals surface area contributed by atoms with E-state index in [0.29, 0.717) is 18.3 Å². The summed E-state index contributed by atoms with van der Waals surface area (Å²) in [7, 11) is 0. The van der Waals surface area contributed by atoms with Crippen molar-refractivity contribution in [2.45, 2.75) is 84.0 Å². The molecule has 0 aliphatic heterocycles. The van der Waals surface area contributed by atoms with E-state index in [1.807, 2.05) is 0 Å². The van der Waals surface area contributed by atoms with Crippen LogP contribution in [0.2, 0.25) is 5.02 Å². The van der Waals surface area contributed by atoms with Gasteiger partial charge in [-0.3, -0.25) is 0 Å². The van der Waals surface area contributed by atoms with Crippen molar-refractivity contribution in [2.75, 3.05) is 6.61 Å². The smallest absolute Gasteiger partial charge is 0.145 e. The number of halogens is 2. The first-order chi connectivity index (χ1) is 13.2. The Balaban J connectivity index is 1.34. The molecule has 0 atom stereocenters. The lowest BCUT2D eigenvalue weighted by molar-refractivity contribution is 0.121. The van der Waals surface area contributed by atoms with Gasteiger partial charge in [0, 0.05) is 6.07 Å². The molecule has 0 spiro atoms. The zero-order chi connectivity index (χ0) is 19.1. The number of hydrogen-bond acceptors (Lipinski definition) is 1. The van der Waals surface area contributed by atoms with E-state index in [2.05, 4.69) is 6.92 Å². The third-order valence-electron chi connectivity index (χ3n) is 7.04. The van der Waals surface area contributed by atoms with E-state index in [9.17, 15) is 4.39 Å². The lowest BCUT2D eigenvalue weighted by atomic mass is 9.69. The Bertz CT molecular complexity index is 559. The molecule has 0 heterocycles.